The summed E-state index contributed by atoms with van der Waals surface area (Å²) in [5, 5.41) is 15.5. The summed E-state index contributed by atoms with van der Waals surface area (Å²) < 4.78 is 3.95. The molecule has 0 amide bonds. The number of aryl methyl sites for hydroxylation is 2. The van der Waals surface area contributed by atoms with Gasteiger partial charge < -0.3 is 5.11 Å². The molecule has 0 spiro atoms. The Bertz CT molecular complexity index is 635. The monoisotopic (exact) mass is 414 g/mol. The van der Waals surface area contributed by atoms with Crippen molar-refractivity contribution in [2.75, 3.05) is 0 Å². The first-order valence-corrected chi connectivity index (χ1v) is 8.70. The number of benzene rings is 1. The normalized spacial score (nSPS) is 14.2. The van der Waals surface area contributed by atoms with Gasteiger partial charge >= 0.3 is 0 Å². The van der Waals surface area contributed by atoms with E-state index in [1.807, 2.05) is 35.9 Å². The van der Waals surface area contributed by atoms with Gasteiger partial charge in [-0.3, -0.25) is 4.68 Å². The van der Waals surface area contributed by atoms with Gasteiger partial charge in [-0.25, -0.2) is 0 Å². The van der Waals surface area contributed by atoms with Crippen LogP contribution in [0.2, 0.25) is 0 Å². The first kappa shape index (κ1) is 16.7. The average Bonchev–Trinajstić information content (AvgIpc) is 2.75. The van der Waals surface area contributed by atoms with E-state index in [9.17, 15) is 5.11 Å². The molecule has 0 saturated heterocycles. The molecule has 1 N–H and O–H groups in total. The Kier molecular flexibility index (Phi) is 5.28. The van der Waals surface area contributed by atoms with Crippen molar-refractivity contribution in [3.8, 4) is 0 Å². The van der Waals surface area contributed by atoms with Gasteiger partial charge in [-0.2, -0.15) is 5.10 Å². The lowest BCUT2D eigenvalue weighted by Crippen LogP contribution is -2.26. The van der Waals surface area contributed by atoms with E-state index in [0.29, 0.717) is 6.42 Å². The molecule has 0 aliphatic rings. The van der Waals surface area contributed by atoms with Crippen LogP contribution in [0.3, 0.4) is 0 Å². The van der Waals surface area contributed by atoms with Gasteiger partial charge in [-0.15, -0.1) is 0 Å². The van der Waals surface area contributed by atoms with Gasteiger partial charge in [-0.1, -0.05) is 35.0 Å². The van der Waals surface area contributed by atoms with Crippen LogP contribution in [0.1, 0.15) is 37.7 Å². The Labute approximate surface area is 142 Å². The number of aromatic nitrogens is 2. The number of aliphatic hydroxyl groups is 1. The van der Waals surface area contributed by atoms with Crippen LogP contribution in [0.5, 0.6) is 0 Å². The number of nitrogens with zero attached hydrogens (tertiary/aromatic N) is 2. The zero-order valence-electron chi connectivity index (χ0n) is 12.5. The van der Waals surface area contributed by atoms with E-state index in [2.05, 4.69) is 50.8 Å². The van der Waals surface area contributed by atoms with Crippen molar-refractivity contribution < 1.29 is 5.11 Å². The van der Waals surface area contributed by atoms with Crippen LogP contribution in [0.15, 0.2) is 33.2 Å². The first-order chi connectivity index (χ1) is 9.89. The van der Waals surface area contributed by atoms with E-state index in [-0.39, 0.29) is 0 Å². The smallest absolute Gasteiger partial charge is 0.0924 e. The summed E-state index contributed by atoms with van der Waals surface area (Å²) in [5.74, 6) is 0. The number of halogens is 2. The third kappa shape index (κ3) is 3.58. The van der Waals surface area contributed by atoms with Gasteiger partial charge in [0, 0.05) is 17.4 Å². The van der Waals surface area contributed by atoms with E-state index >= 15 is 0 Å². The summed E-state index contributed by atoms with van der Waals surface area (Å²) >= 11 is 7.10. The first-order valence-electron chi connectivity index (χ1n) is 7.11. The molecule has 5 heteroatoms. The predicted octanol–water partition coefficient (Wildman–Crippen LogP) is 4.44. The van der Waals surface area contributed by atoms with Gasteiger partial charge in [-0.05, 0) is 53.9 Å². The van der Waals surface area contributed by atoms with Gasteiger partial charge in [0.2, 0.25) is 0 Å². The molecule has 1 aromatic heterocycles. The van der Waals surface area contributed by atoms with Gasteiger partial charge in [0.15, 0.2) is 0 Å². The molecule has 114 valence electrons. The number of hydrogen-bond acceptors (Lipinski definition) is 2. The van der Waals surface area contributed by atoms with Crippen LogP contribution in [0.25, 0.3) is 0 Å². The highest BCUT2D eigenvalue weighted by Crippen LogP contribution is 2.31. The van der Waals surface area contributed by atoms with Crippen molar-refractivity contribution in [1.82, 2.24) is 9.78 Å². The van der Waals surface area contributed by atoms with Crippen molar-refractivity contribution >= 4 is 31.9 Å². The van der Waals surface area contributed by atoms with Crippen LogP contribution in [-0.2, 0) is 25.0 Å². The molecule has 2 aromatic rings. The van der Waals surface area contributed by atoms with E-state index in [4.69, 9.17) is 0 Å². The Hall–Kier alpha value is -0.650. The second-order valence-corrected chi connectivity index (χ2v) is 7.05. The van der Waals surface area contributed by atoms with E-state index < -0.39 is 5.60 Å². The maximum atomic E-state index is 10.9. The fourth-order valence-electron chi connectivity index (χ4n) is 2.44. The minimum Gasteiger partial charge on any atom is -0.385 e. The van der Waals surface area contributed by atoms with Crippen LogP contribution in [0, 0.1) is 0 Å². The fraction of sp³-hybridized carbons (Fsp3) is 0.438. The second kappa shape index (κ2) is 6.63. The molecule has 0 saturated carbocycles. The van der Waals surface area contributed by atoms with E-state index in [1.54, 1.807) is 0 Å². The summed E-state index contributed by atoms with van der Waals surface area (Å²) in [6.07, 6.45) is 1.39. The third-order valence-electron chi connectivity index (χ3n) is 3.65. The molecule has 3 nitrogen and oxygen atoms in total. The quantitative estimate of drug-likeness (QED) is 0.783. The standard InChI is InChI=1S/C16H20Br2N2O/c1-4-13-15(18)14(20(5-2)19-13)10-16(3,21)11-7-6-8-12(17)9-11/h6-9,21H,4-5,10H2,1-3H3. The molecule has 0 radical (unpaired) electrons. The lowest BCUT2D eigenvalue weighted by molar-refractivity contribution is 0.0551. The van der Waals surface area contributed by atoms with Crippen molar-refractivity contribution in [2.45, 2.75) is 45.8 Å². The lowest BCUT2D eigenvalue weighted by atomic mass is 9.91. The van der Waals surface area contributed by atoms with Crippen molar-refractivity contribution in [3.05, 3.63) is 50.2 Å². The molecule has 1 heterocycles. The Morgan fingerprint density at radius 1 is 1.29 bits per heavy atom. The Morgan fingerprint density at radius 3 is 2.57 bits per heavy atom. The topological polar surface area (TPSA) is 38.0 Å². The summed E-state index contributed by atoms with van der Waals surface area (Å²) in [6.45, 7) is 6.79. The largest absolute Gasteiger partial charge is 0.385 e. The SMILES string of the molecule is CCc1nn(CC)c(CC(C)(O)c2cccc(Br)c2)c1Br. The molecule has 0 fully saturated rings. The van der Waals surface area contributed by atoms with Crippen molar-refractivity contribution in [3.63, 3.8) is 0 Å². The van der Waals surface area contributed by atoms with Gasteiger partial charge in [0.1, 0.15) is 0 Å². The molecular weight excluding hydrogens is 396 g/mol. The molecule has 1 atom stereocenters. The fourth-order valence-corrected chi connectivity index (χ4v) is 3.54. The highest BCUT2D eigenvalue weighted by Gasteiger charge is 2.28. The molecule has 2 rings (SSSR count). The molecule has 21 heavy (non-hydrogen) atoms. The van der Waals surface area contributed by atoms with Crippen molar-refractivity contribution in [2.24, 2.45) is 0 Å². The van der Waals surface area contributed by atoms with Crippen LogP contribution in [-0.4, -0.2) is 14.9 Å². The minimum absolute atomic E-state index is 0.519. The van der Waals surface area contributed by atoms with Crippen LogP contribution >= 0.6 is 31.9 Å². The highest BCUT2D eigenvalue weighted by molar-refractivity contribution is 9.10. The Morgan fingerprint density at radius 2 is 2.00 bits per heavy atom. The minimum atomic E-state index is -0.940. The average molecular weight is 416 g/mol. The summed E-state index contributed by atoms with van der Waals surface area (Å²) in [4.78, 5) is 0. The molecule has 0 bridgehead atoms. The van der Waals surface area contributed by atoms with Gasteiger partial charge in [0.05, 0.1) is 21.5 Å². The molecular formula is C16H20Br2N2O. The Balaban J connectivity index is 2.38. The zero-order valence-corrected chi connectivity index (χ0v) is 15.7. The number of hydrogen-bond donors (Lipinski definition) is 1. The molecule has 1 aromatic carbocycles. The maximum absolute atomic E-state index is 10.9. The summed E-state index contributed by atoms with van der Waals surface area (Å²) in [6, 6.07) is 7.81. The van der Waals surface area contributed by atoms with Crippen molar-refractivity contribution in [1.29, 1.82) is 0 Å². The third-order valence-corrected chi connectivity index (χ3v) is 5.06. The van der Waals surface area contributed by atoms with E-state index in [0.717, 1.165) is 38.9 Å². The van der Waals surface area contributed by atoms with E-state index in [1.165, 1.54) is 0 Å². The molecule has 0 aliphatic heterocycles. The van der Waals surface area contributed by atoms with Crippen LogP contribution in [0.4, 0.5) is 0 Å². The lowest BCUT2D eigenvalue weighted by Gasteiger charge is -2.24. The van der Waals surface area contributed by atoms with Crippen LogP contribution < -0.4 is 0 Å². The summed E-state index contributed by atoms with van der Waals surface area (Å²) in [7, 11) is 0. The second-order valence-electron chi connectivity index (χ2n) is 5.34. The summed E-state index contributed by atoms with van der Waals surface area (Å²) in [5.41, 5.74) is 2.03. The highest BCUT2D eigenvalue weighted by atomic mass is 79.9. The maximum Gasteiger partial charge on any atom is 0.0924 e. The number of rotatable bonds is 5. The molecule has 1 unspecified atom stereocenters. The molecule has 0 aliphatic carbocycles. The predicted molar refractivity (Wildman–Crippen MR) is 92.4 cm³/mol. The zero-order chi connectivity index (χ0) is 15.6. The van der Waals surface area contributed by atoms with Gasteiger partial charge in [0.25, 0.3) is 0 Å².